The number of hydrogen-bond donors (Lipinski definition) is 0. The van der Waals surface area contributed by atoms with Crippen LogP contribution in [0.15, 0.2) is 35.3 Å². The third-order valence-electron chi connectivity index (χ3n) is 7.21. The van der Waals surface area contributed by atoms with Crippen molar-refractivity contribution in [2.45, 2.75) is 19.3 Å². The number of amides is 2. The van der Waals surface area contributed by atoms with E-state index >= 15 is 0 Å². The van der Waals surface area contributed by atoms with Gasteiger partial charge in [-0.3, -0.25) is 9.59 Å². The summed E-state index contributed by atoms with van der Waals surface area (Å²) < 4.78 is 0. The number of anilines is 1. The molecule has 0 unspecified atom stereocenters. The molecule has 1 atom stereocenters. The van der Waals surface area contributed by atoms with Crippen molar-refractivity contribution < 1.29 is 9.59 Å². The minimum atomic E-state index is -0.404. The van der Waals surface area contributed by atoms with Gasteiger partial charge in [-0.15, -0.1) is 0 Å². The maximum atomic E-state index is 13.4. The first kappa shape index (κ1) is 18.5. The topological polar surface area (TPSA) is 69.6 Å². The number of rotatable bonds is 2. The van der Waals surface area contributed by atoms with Crippen LogP contribution in [0.25, 0.3) is 0 Å². The summed E-state index contributed by atoms with van der Waals surface area (Å²) in [5.74, 6) is 1.04. The van der Waals surface area contributed by atoms with Crippen molar-refractivity contribution in [3.05, 3.63) is 40.8 Å². The number of likely N-dealkylation sites (tertiary alicyclic amines) is 2. The van der Waals surface area contributed by atoms with Crippen LogP contribution in [-0.2, 0) is 4.79 Å². The van der Waals surface area contributed by atoms with E-state index in [2.05, 4.69) is 14.9 Å². The van der Waals surface area contributed by atoms with E-state index in [-0.39, 0.29) is 17.2 Å². The van der Waals surface area contributed by atoms with Gasteiger partial charge in [-0.25, -0.2) is 9.97 Å². The third kappa shape index (κ3) is 2.76. The zero-order valence-corrected chi connectivity index (χ0v) is 17.4. The molecule has 8 heteroatoms. The Labute approximate surface area is 174 Å². The first-order valence-corrected chi connectivity index (χ1v) is 11.1. The van der Waals surface area contributed by atoms with Crippen molar-refractivity contribution in [2.24, 2.45) is 10.8 Å². The van der Waals surface area contributed by atoms with E-state index in [1.54, 1.807) is 23.7 Å². The molecule has 2 amide bonds. The van der Waals surface area contributed by atoms with Gasteiger partial charge in [-0.05, 0) is 36.8 Å². The van der Waals surface area contributed by atoms with E-state index in [0.29, 0.717) is 25.6 Å². The number of piperidine rings is 1. The molecule has 3 fully saturated rings. The van der Waals surface area contributed by atoms with Gasteiger partial charge in [-0.2, -0.15) is 11.3 Å². The van der Waals surface area contributed by atoms with Gasteiger partial charge in [-0.1, -0.05) is 0 Å². The van der Waals surface area contributed by atoms with Crippen molar-refractivity contribution in [1.82, 2.24) is 19.8 Å². The summed E-state index contributed by atoms with van der Waals surface area (Å²) in [7, 11) is 1.90. The van der Waals surface area contributed by atoms with E-state index < -0.39 is 5.41 Å². The quantitative estimate of drug-likeness (QED) is 0.757. The van der Waals surface area contributed by atoms with E-state index in [1.807, 2.05) is 39.7 Å². The van der Waals surface area contributed by atoms with Crippen LogP contribution in [0, 0.1) is 10.8 Å². The lowest BCUT2D eigenvalue weighted by Gasteiger charge is -2.46. The average molecular weight is 412 g/mol. The Morgan fingerprint density at radius 3 is 2.48 bits per heavy atom. The molecular formula is C21H25N5O2S. The lowest BCUT2D eigenvalue weighted by Crippen LogP contribution is -2.53. The van der Waals surface area contributed by atoms with Crippen LogP contribution in [0.4, 0.5) is 5.95 Å². The van der Waals surface area contributed by atoms with Crippen molar-refractivity contribution in [2.75, 3.05) is 44.7 Å². The minimum absolute atomic E-state index is 0.103. The highest BCUT2D eigenvalue weighted by Gasteiger charge is 2.65. The van der Waals surface area contributed by atoms with Gasteiger partial charge in [0.2, 0.25) is 11.9 Å². The fourth-order valence-electron chi connectivity index (χ4n) is 5.58. The van der Waals surface area contributed by atoms with Crippen molar-refractivity contribution in [3.63, 3.8) is 0 Å². The molecule has 0 radical (unpaired) electrons. The van der Waals surface area contributed by atoms with Crippen molar-refractivity contribution in [1.29, 1.82) is 0 Å². The van der Waals surface area contributed by atoms with E-state index in [1.165, 1.54) is 0 Å². The second-order valence-corrected chi connectivity index (χ2v) is 9.33. The van der Waals surface area contributed by atoms with Crippen LogP contribution in [0.5, 0.6) is 0 Å². The Bertz CT molecular complexity index is 910. The molecule has 152 valence electrons. The number of carbonyl (C=O) groups is 2. The molecule has 5 heterocycles. The highest BCUT2D eigenvalue weighted by molar-refractivity contribution is 7.08. The standard InChI is InChI=1S/C21H25N5O2S/c1-24-9-6-21(18(24)28)15-26(19-22-7-2-8-23-19)14-20(21)4-10-25(11-5-20)17(27)16-3-12-29-13-16/h2-3,7-8,12-13H,4-6,9-11,14-15H2,1H3/t21-/m0/s1. The highest BCUT2D eigenvalue weighted by atomic mass is 32.1. The number of aromatic nitrogens is 2. The molecule has 0 N–H and O–H groups in total. The molecule has 2 aromatic heterocycles. The van der Waals surface area contributed by atoms with E-state index in [4.69, 9.17) is 0 Å². The number of thiophene rings is 1. The van der Waals surface area contributed by atoms with Gasteiger partial charge in [0.05, 0.1) is 11.0 Å². The summed E-state index contributed by atoms with van der Waals surface area (Å²) in [5.41, 5.74) is 0.223. The first-order valence-electron chi connectivity index (χ1n) is 10.1. The van der Waals surface area contributed by atoms with Gasteiger partial charge < -0.3 is 14.7 Å². The first-order chi connectivity index (χ1) is 14.0. The largest absolute Gasteiger partial charge is 0.345 e. The summed E-state index contributed by atoms with van der Waals surface area (Å²) in [6.07, 6.45) is 6.05. The Hall–Kier alpha value is -2.48. The predicted molar refractivity (Wildman–Crippen MR) is 111 cm³/mol. The summed E-state index contributed by atoms with van der Waals surface area (Å²) in [6, 6.07) is 3.70. The molecule has 3 aliphatic rings. The zero-order chi connectivity index (χ0) is 20.1. The number of nitrogens with zero attached hydrogens (tertiary/aromatic N) is 5. The molecule has 0 aromatic carbocycles. The van der Waals surface area contributed by atoms with Gasteiger partial charge in [0.15, 0.2) is 0 Å². The zero-order valence-electron chi connectivity index (χ0n) is 16.6. The Kier molecular flexibility index (Phi) is 4.34. The maximum Gasteiger partial charge on any atom is 0.254 e. The lowest BCUT2D eigenvalue weighted by molar-refractivity contribution is -0.140. The molecule has 0 aliphatic carbocycles. The second kappa shape index (κ2) is 6.79. The van der Waals surface area contributed by atoms with Crippen LogP contribution >= 0.6 is 11.3 Å². The normalized spacial score (nSPS) is 26.1. The summed E-state index contributed by atoms with van der Waals surface area (Å²) in [5, 5.41) is 3.85. The third-order valence-corrected chi connectivity index (χ3v) is 7.89. The van der Waals surface area contributed by atoms with Crippen molar-refractivity contribution >= 4 is 29.1 Å². The SMILES string of the molecule is CN1CC[C@]2(CN(c3ncccn3)CC23CCN(C(=O)c2ccsc2)CC3)C1=O. The van der Waals surface area contributed by atoms with Crippen LogP contribution in [0.1, 0.15) is 29.6 Å². The Balaban J connectivity index is 1.43. The second-order valence-electron chi connectivity index (χ2n) is 8.55. The molecule has 3 saturated heterocycles. The van der Waals surface area contributed by atoms with E-state index in [9.17, 15) is 9.59 Å². The van der Waals surface area contributed by atoms with Crippen LogP contribution in [0.2, 0.25) is 0 Å². The lowest BCUT2D eigenvalue weighted by atomic mass is 9.60. The fraction of sp³-hybridized carbons (Fsp3) is 0.524. The molecule has 3 aliphatic heterocycles. The summed E-state index contributed by atoms with van der Waals surface area (Å²) >= 11 is 1.55. The smallest absolute Gasteiger partial charge is 0.254 e. The molecule has 0 bridgehead atoms. The number of carbonyl (C=O) groups excluding carboxylic acids is 2. The highest BCUT2D eigenvalue weighted by Crippen LogP contribution is 2.58. The number of hydrogen-bond acceptors (Lipinski definition) is 6. The minimum Gasteiger partial charge on any atom is -0.345 e. The molecule has 7 nitrogen and oxygen atoms in total. The van der Waals surface area contributed by atoms with Crippen LogP contribution in [-0.4, -0.2) is 71.4 Å². The molecule has 29 heavy (non-hydrogen) atoms. The monoisotopic (exact) mass is 411 g/mol. The van der Waals surface area contributed by atoms with Gasteiger partial charge >= 0.3 is 0 Å². The van der Waals surface area contributed by atoms with Crippen LogP contribution < -0.4 is 4.90 Å². The predicted octanol–water partition coefficient (Wildman–Crippen LogP) is 2.13. The maximum absolute atomic E-state index is 13.4. The fourth-order valence-corrected chi connectivity index (χ4v) is 6.21. The van der Waals surface area contributed by atoms with E-state index in [0.717, 1.165) is 37.9 Å². The molecule has 5 rings (SSSR count). The van der Waals surface area contributed by atoms with Crippen LogP contribution in [0.3, 0.4) is 0 Å². The molecule has 0 saturated carbocycles. The van der Waals surface area contributed by atoms with Gasteiger partial charge in [0.1, 0.15) is 0 Å². The Morgan fingerprint density at radius 1 is 1.10 bits per heavy atom. The van der Waals surface area contributed by atoms with Crippen molar-refractivity contribution in [3.8, 4) is 0 Å². The summed E-state index contributed by atoms with van der Waals surface area (Å²) in [6.45, 7) is 3.62. The number of fused-ring (bicyclic) bond motifs is 1. The average Bonchev–Trinajstić information content (AvgIpc) is 3.46. The van der Waals surface area contributed by atoms with Gasteiger partial charge in [0.25, 0.3) is 5.91 Å². The molecule has 2 aromatic rings. The molecular weight excluding hydrogens is 386 g/mol. The summed E-state index contributed by atoms with van der Waals surface area (Å²) in [4.78, 5) is 41.1. The molecule has 2 spiro atoms. The Morgan fingerprint density at radius 2 is 1.86 bits per heavy atom. The van der Waals surface area contributed by atoms with Gasteiger partial charge in [0, 0.05) is 63.0 Å².